The van der Waals surface area contributed by atoms with Crippen molar-refractivity contribution in [1.29, 1.82) is 0 Å². The molecule has 84 valence electrons. The average molecular weight is 198 g/mol. The maximum Gasteiger partial charge on any atom is 0.0628 e. The molecule has 4 atom stereocenters. The highest BCUT2D eigenvalue weighted by Crippen LogP contribution is 2.34. The van der Waals surface area contributed by atoms with Crippen LogP contribution in [0.2, 0.25) is 0 Å². The van der Waals surface area contributed by atoms with Crippen molar-refractivity contribution in [1.82, 2.24) is 0 Å². The Bertz CT molecular complexity index is 155. The maximum atomic E-state index is 5.93. The molecule has 0 saturated heterocycles. The fourth-order valence-corrected chi connectivity index (χ4v) is 2.84. The Morgan fingerprint density at radius 2 is 1.86 bits per heavy atom. The summed E-state index contributed by atoms with van der Waals surface area (Å²) >= 11 is 0. The van der Waals surface area contributed by atoms with Crippen molar-refractivity contribution >= 4 is 0 Å². The monoisotopic (exact) mass is 198 g/mol. The van der Waals surface area contributed by atoms with Crippen LogP contribution in [0.1, 0.15) is 53.4 Å². The van der Waals surface area contributed by atoms with E-state index in [-0.39, 0.29) is 0 Å². The molecule has 0 amide bonds. The molecule has 0 N–H and O–H groups in total. The van der Waals surface area contributed by atoms with E-state index in [1.54, 1.807) is 0 Å². The van der Waals surface area contributed by atoms with Crippen molar-refractivity contribution in [3.63, 3.8) is 0 Å². The Kier molecular flexibility index (Phi) is 4.94. The SMILES string of the molecule is CCOC1C(C)CCC(C)CC1CC. The van der Waals surface area contributed by atoms with Gasteiger partial charge >= 0.3 is 0 Å². The molecule has 4 unspecified atom stereocenters. The Morgan fingerprint density at radius 3 is 2.43 bits per heavy atom. The summed E-state index contributed by atoms with van der Waals surface area (Å²) in [6, 6.07) is 0. The van der Waals surface area contributed by atoms with E-state index in [1.807, 2.05) is 0 Å². The van der Waals surface area contributed by atoms with E-state index in [0.717, 1.165) is 24.4 Å². The molecule has 1 rings (SSSR count). The van der Waals surface area contributed by atoms with Gasteiger partial charge < -0.3 is 4.74 Å². The molecule has 1 aliphatic rings. The largest absolute Gasteiger partial charge is 0.378 e. The molecular formula is C13H26O. The van der Waals surface area contributed by atoms with Gasteiger partial charge in [-0.25, -0.2) is 0 Å². The Hall–Kier alpha value is -0.0400. The predicted molar refractivity (Wildman–Crippen MR) is 61.4 cm³/mol. The molecule has 1 fully saturated rings. The van der Waals surface area contributed by atoms with Gasteiger partial charge in [0.1, 0.15) is 0 Å². The summed E-state index contributed by atoms with van der Waals surface area (Å²) in [5.41, 5.74) is 0. The molecular weight excluding hydrogens is 172 g/mol. The first-order chi connectivity index (χ1) is 6.69. The number of hydrogen-bond donors (Lipinski definition) is 0. The lowest BCUT2D eigenvalue weighted by molar-refractivity contribution is -0.0164. The highest BCUT2D eigenvalue weighted by molar-refractivity contribution is 4.80. The minimum Gasteiger partial charge on any atom is -0.378 e. The van der Waals surface area contributed by atoms with Gasteiger partial charge in [-0.2, -0.15) is 0 Å². The predicted octanol–water partition coefficient (Wildman–Crippen LogP) is 3.87. The van der Waals surface area contributed by atoms with Crippen LogP contribution in [-0.4, -0.2) is 12.7 Å². The van der Waals surface area contributed by atoms with Gasteiger partial charge in [0.2, 0.25) is 0 Å². The second kappa shape index (κ2) is 5.75. The van der Waals surface area contributed by atoms with Crippen molar-refractivity contribution < 1.29 is 4.74 Å². The van der Waals surface area contributed by atoms with E-state index >= 15 is 0 Å². The van der Waals surface area contributed by atoms with Crippen molar-refractivity contribution in [3.8, 4) is 0 Å². The van der Waals surface area contributed by atoms with Gasteiger partial charge in [0, 0.05) is 6.61 Å². The zero-order chi connectivity index (χ0) is 10.6. The topological polar surface area (TPSA) is 9.23 Å². The highest BCUT2D eigenvalue weighted by Gasteiger charge is 2.30. The fourth-order valence-electron chi connectivity index (χ4n) is 2.84. The quantitative estimate of drug-likeness (QED) is 0.625. The lowest BCUT2D eigenvalue weighted by Gasteiger charge is -2.29. The smallest absolute Gasteiger partial charge is 0.0628 e. The number of hydrogen-bond acceptors (Lipinski definition) is 1. The average Bonchev–Trinajstić information content (AvgIpc) is 2.31. The molecule has 0 bridgehead atoms. The molecule has 14 heavy (non-hydrogen) atoms. The van der Waals surface area contributed by atoms with Crippen molar-refractivity contribution in [2.24, 2.45) is 17.8 Å². The summed E-state index contributed by atoms with van der Waals surface area (Å²) in [5, 5.41) is 0. The van der Waals surface area contributed by atoms with Gasteiger partial charge in [-0.05, 0) is 37.5 Å². The fraction of sp³-hybridized carbons (Fsp3) is 1.00. The maximum absolute atomic E-state index is 5.93. The zero-order valence-electron chi connectivity index (χ0n) is 10.3. The van der Waals surface area contributed by atoms with Crippen LogP contribution >= 0.6 is 0 Å². The normalized spacial score (nSPS) is 39.4. The van der Waals surface area contributed by atoms with E-state index in [0.29, 0.717) is 6.10 Å². The summed E-state index contributed by atoms with van der Waals surface area (Å²) in [6.45, 7) is 10.1. The second-order valence-electron chi connectivity index (χ2n) is 4.98. The van der Waals surface area contributed by atoms with E-state index in [9.17, 15) is 0 Å². The van der Waals surface area contributed by atoms with Crippen LogP contribution in [0.5, 0.6) is 0 Å². The summed E-state index contributed by atoms with van der Waals surface area (Å²) in [7, 11) is 0. The van der Waals surface area contributed by atoms with Crippen LogP contribution in [0.15, 0.2) is 0 Å². The molecule has 0 heterocycles. The van der Waals surface area contributed by atoms with Crippen molar-refractivity contribution in [3.05, 3.63) is 0 Å². The molecule has 1 aliphatic carbocycles. The number of ether oxygens (including phenoxy) is 1. The summed E-state index contributed by atoms with van der Waals surface area (Å²) in [6.07, 6.45) is 5.91. The molecule has 0 aromatic heterocycles. The van der Waals surface area contributed by atoms with Gasteiger partial charge in [-0.15, -0.1) is 0 Å². The summed E-state index contributed by atoms with van der Waals surface area (Å²) in [5.74, 6) is 2.44. The van der Waals surface area contributed by atoms with Gasteiger partial charge in [-0.3, -0.25) is 0 Å². The first-order valence-corrected chi connectivity index (χ1v) is 6.30. The van der Waals surface area contributed by atoms with Crippen molar-refractivity contribution in [2.45, 2.75) is 59.5 Å². The van der Waals surface area contributed by atoms with Crippen molar-refractivity contribution in [2.75, 3.05) is 6.61 Å². The van der Waals surface area contributed by atoms with Crippen LogP contribution in [0.4, 0.5) is 0 Å². The first kappa shape index (κ1) is 12.0. The molecule has 1 heteroatoms. The zero-order valence-corrected chi connectivity index (χ0v) is 10.3. The molecule has 0 radical (unpaired) electrons. The van der Waals surface area contributed by atoms with Crippen LogP contribution in [0, 0.1) is 17.8 Å². The molecule has 0 aromatic rings. The summed E-state index contributed by atoms with van der Waals surface area (Å²) < 4.78 is 5.93. The standard InChI is InChI=1S/C13H26O/c1-5-12-9-10(3)7-8-11(4)13(12)14-6-2/h10-13H,5-9H2,1-4H3. The van der Waals surface area contributed by atoms with E-state index < -0.39 is 0 Å². The van der Waals surface area contributed by atoms with Gasteiger partial charge in [0.15, 0.2) is 0 Å². The third kappa shape index (κ3) is 2.98. The lowest BCUT2D eigenvalue weighted by atomic mass is 9.87. The van der Waals surface area contributed by atoms with Gasteiger partial charge in [0.05, 0.1) is 6.10 Å². The molecule has 1 nitrogen and oxygen atoms in total. The molecule has 1 saturated carbocycles. The highest BCUT2D eigenvalue weighted by atomic mass is 16.5. The Balaban J connectivity index is 2.63. The van der Waals surface area contributed by atoms with E-state index in [4.69, 9.17) is 4.74 Å². The number of rotatable bonds is 3. The molecule has 0 spiro atoms. The Morgan fingerprint density at radius 1 is 1.14 bits per heavy atom. The molecule has 0 aromatic carbocycles. The summed E-state index contributed by atoms with van der Waals surface area (Å²) in [4.78, 5) is 0. The van der Waals surface area contributed by atoms with E-state index in [1.165, 1.54) is 25.7 Å². The van der Waals surface area contributed by atoms with Crippen LogP contribution in [0.3, 0.4) is 0 Å². The van der Waals surface area contributed by atoms with Crippen LogP contribution in [-0.2, 0) is 4.74 Å². The van der Waals surface area contributed by atoms with Gasteiger partial charge in [0.25, 0.3) is 0 Å². The Labute approximate surface area is 89.2 Å². The second-order valence-corrected chi connectivity index (χ2v) is 4.98. The van der Waals surface area contributed by atoms with Crippen LogP contribution in [0.25, 0.3) is 0 Å². The first-order valence-electron chi connectivity index (χ1n) is 6.30. The van der Waals surface area contributed by atoms with Gasteiger partial charge in [-0.1, -0.05) is 33.6 Å². The minimum absolute atomic E-state index is 0.523. The minimum atomic E-state index is 0.523. The molecule has 0 aliphatic heterocycles. The third-order valence-corrected chi connectivity index (χ3v) is 3.73. The van der Waals surface area contributed by atoms with Crippen LogP contribution < -0.4 is 0 Å². The lowest BCUT2D eigenvalue weighted by Crippen LogP contribution is -2.29. The third-order valence-electron chi connectivity index (χ3n) is 3.73. The van der Waals surface area contributed by atoms with E-state index in [2.05, 4.69) is 27.7 Å².